The van der Waals surface area contributed by atoms with Gasteiger partial charge >= 0.3 is 0 Å². The van der Waals surface area contributed by atoms with Crippen molar-refractivity contribution < 1.29 is 8.42 Å². The van der Waals surface area contributed by atoms with Gasteiger partial charge in [-0.1, -0.05) is 27.2 Å². The highest BCUT2D eigenvalue weighted by atomic mass is 32.2. The summed E-state index contributed by atoms with van der Waals surface area (Å²) in [4.78, 5) is 0. The van der Waals surface area contributed by atoms with Gasteiger partial charge in [-0.05, 0) is 37.6 Å². The Morgan fingerprint density at radius 1 is 1.19 bits per heavy atom. The van der Waals surface area contributed by atoms with E-state index in [1.807, 2.05) is 0 Å². The van der Waals surface area contributed by atoms with Crippen LogP contribution in [-0.2, 0) is 10.2 Å². The Morgan fingerprint density at radius 3 is 2.57 bits per heavy atom. The van der Waals surface area contributed by atoms with Gasteiger partial charge in [0, 0.05) is 32.2 Å². The van der Waals surface area contributed by atoms with Crippen LogP contribution >= 0.6 is 0 Å². The van der Waals surface area contributed by atoms with E-state index in [1.165, 1.54) is 0 Å². The minimum atomic E-state index is -3.28. The zero-order valence-corrected chi connectivity index (χ0v) is 14.5. The molecule has 0 bridgehead atoms. The summed E-state index contributed by atoms with van der Waals surface area (Å²) < 4.78 is 29.4. The summed E-state index contributed by atoms with van der Waals surface area (Å²) >= 11 is 0. The van der Waals surface area contributed by atoms with Gasteiger partial charge in [-0.15, -0.1) is 0 Å². The van der Waals surface area contributed by atoms with Crippen LogP contribution in [0.2, 0.25) is 0 Å². The van der Waals surface area contributed by atoms with Gasteiger partial charge < -0.3 is 5.32 Å². The van der Waals surface area contributed by atoms with Gasteiger partial charge in [0.2, 0.25) is 0 Å². The maximum atomic E-state index is 13.0. The van der Waals surface area contributed by atoms with Gasteiger partial charge in [-0.3, -0.25) is 0 Å². The number of hydrogen-bond donors (Lipinski definition) is 1. The lowest BCUT2D eigenvalue weighted by atomic mass is 9.96. The fraction of sp³-hybridized carbons (Fsp3) is 1.00. The Kier molecular flexibility index (Phi) is 6.05. The van der Waals surface area contributed by atoms with Gasteiger partial charge in [-0.25, -0.2) is 0 Å². The first-order valence-electron chi connectivity index (χ1n) is 8.44. The lowest BCUT2D eigenvalue weighted by Gasteiger charge is -2.37. The molecule has 2 saturated heterocycles. The molecule has 2 aliphatic rings. The average molecular weight is 317 g/mol. The Balaban J connectivity index is 2.06. The second-order valence-corrected chi connectivity index (χ2v) is 8.61. The third-order valence-electron chi connectivity index (χ3n) is 4.96. The number of hydrogen-bond acceptors (Lipinski definition) is 3. The predicted molar refractivity (Wildman–Crippen MR) is 86.3 cm³/mol. The molecule has 124 valence electrons. The molecule has 2 unspecified atom stereocenters. The molecule has 2 aliphatic heterocycles. The summed E-state index contributed by atoms with van der Waals surface area (Å²) in [5, 5.41) is 3.31. The van der Waals surface area contributed by atoms with E-state index >= 15 is 0 Å². The van der Waals surface area contributed by atoms with E-state index in [9.17, 15) is 8.42 Å². The van der Waals surface area contributed by atoms with Gasteiger partial charge in [0.15, 0.2) is 0 Å². The quantitative estimate of drug-likeness (QED) is 0.811. The number of likely N-dealkylation sites (N-methyl/N-ethyl adjacent to an activating group) is 1. The molecule has 2 fully saturated rings. The maximum Gasteiger partial charge on any atom is 0.282 e. The van der Waals surface area contributed by atoms with E-state index in [0.717, 1.165) is 38.8 Å². The standard InChI is InChI=1S/C15H31N3O2S/c1-4-16-11-15-7-5-6-9-18(15)21(19,20)17-10-8-14(12-17)13(2)3/h13-16H,4-12H2,1-3H3. The van der Waals surface area contributed by atoms with E-state index in [-0.39, 0.29) is 6.04 Å². The molecule has 1 N–H and O–H groups in total. The van der Waals surface area contributed by atoms with Gasteiger partial charge in [0.25, 0.3) is 10.2 Å². The zero-order valence-electron chi connectivity index (χ0n) is 13.7. The molecule has 5 nitrogen and oxygen atoms in total. The first-order valence-corrected chi connectivity index (χ1v) is 9.84. The molecule has 2 rings (SSSR count). The molecule has 0 aliphatic carbocycles. The van der Waals surface area contributed by atoms with Crippen molar-refractivity contribution in [3.63, 3.8) is 0 Å². The minimum absolute atomic E-state index is 0.127. The fourth-order valence-electron chi connectivity index (χ4n) is 3.45. The van der Waals surface area contributed by atoms with Crippen LogP contribution in [0.15, 0.2) is 0 Å². The van der Waals surface area contributed by atoms with Crippen LogP contribution in [-0.4, -0.2) is 55.8 Å². The first-order chi connectivity index (χ1) is 9.96. The molecule has 0 amide bonds. The van der Waals surface area contributed by atoms with Crippen molar-refractivity contribution in [1.82, 2.24) is 13.9 Å². The molecule has 0 aromatic heterocycles. The minimum Gasteiger partial charge on any atom is -0.315 e. The largest absolute Gasteiger partial charge is 0.315 e. The zero-order chi connectivity index (χ0) is 15.5. The third kappa shape index (κ3) is 3.97. The summed E-state index contributed by atoms with van der Waals surface area (Å²) in [6, 6.07) is 0.127. The lowest BCUT2D eigenvalue weighted by molar-refractivity contribution is 0.229. The molecule has 0 aromatic rings. The molecule has 2 atom stereocenters. The van der Waals surface area contributed by atoms with Crippen molar-refractivity contribution >= 4 is 10.2 Å². The number of rotatable bonds is 6. The Hall–Kier alpha value is -0.170. The van der Waals surface area contributed by atoms with E-state index in [0.29, 0.717) is 31.5 Å². The van der Waals surface area contributed by atoms with Crippen molar-refractivity contribution in [3.8, 4) is 0 Å². The van der Waals surface area contributed by atoms with Crippen LogP contribution in [0.4, 0.5) is 0 Å². The first kappa shape index (κ1) is 17.2. The van der Waals surface area contributed by atoms with Crippen molar-refractivity contribution in [3.05, 3.63) is 0 Å². The molecular formula is C15H31N3O2S. The van der Waals surface area contributed by atoms with Crippen LogP contribution in [0.5, 0.6) is 0 Å². The molecule has 21 heavy (non-hydrogen) atoms. The van der Waals surface area contributed by atoms with Crippen molar-refractivity contribution in [2.75, 3.05) is 32.7 Å². The number of nitrogens with one attached hydrogen (secondary N) is 1. The molecule has 6 heteroatoms. The highest BCUT2D eigenvalue weighted by molar-refractivity contribution is 7.86. The van der Waals surface area contributed by atoms with Crippen molar-refractivity contribution in [2.24, 2.45) is 11.8 Å². The maximum absolute atomic E-state index is 13.0. The van der Waals surface area contributed by atoms with Crippen LogP contribution in [0.3, 0.4) is 0 Å². The van der Waals surface area contributed by atoms with E-state index in [1.54, 1.807) is 8.61 Å². The number of nitrogens with zero attached hydrogens (tertiary/aromatic N) is 2. The SMILES string of the molecule is CCNCC1CCCCN1S(=O)(=O)N1CCC(C(C)C)C1. The van der Waals surface area contributed by atoms with Crippen LogP contribution in [0.25, 0.3) is 0 Å². The predicted octanol–water partition coefficient (Wildman–Crippen LogP) is 1.67. The molecule has 2 heterocycles. The molecule has 0 saturated carbocycles. The van der Waals surface area contributed by atoms with Gasteiger partial charge in [0.05, 0.1) is 0 Å². The summed E-state index contributed by atoms with van der Waals surface area (Å²) in [6.45, 7) is 10.2. The molecule has 0 radical (unpaired) electrons. The Bertz CT molecular complexity index is 425. The Morgan fingerprint density at radius 2 is 1.95 bits per heavy atom. The van der Waals surface area contributed by atoms with Crippen LogP contribution in [0.1, 0.15) is 46.5 Å². The fourth-order valence-corrected chi connectivity index (χ4v) is 5.38. The van der Waals surface area contributed by atoms with Crippen molar-refractivity contribution in [1.29, 1.82) is 0 Å². The number of piperidine rings is 1. The second-order valence-electron chi connectivity index (χ2n) is 6.73. The average Bonchev–Trinajstić information content (AvgIpc) is 2.96. The topological polar surface area (TPSA) is 52.7 Å². The lowest BCUT2D eigenvalue weighted by Crippen LogP contribution is -2.53. The smallest absolute Gasteiger partial charge is 0.282 e. The Labute approximate surface area is 130 Å². The van der Waals surface area contributed by atoms with Gasteiger partial charge in [0.1, 0.15) is 0 Å². The van der Waals surface area contributed by atoms with E-state index in [4.69, 9.17) is 0 Å². The normalized spacial score (nSPS) is 29.3. The van der Waals surface area contributed by atoms with Crippen LogP contribution in [0, 0.1) is 11.8 Å². The monoisotopic (exact) mass is 317 g/mol. The molecular weight excluding hydrogens is 286 g/mol. The molecule has 0 spiro atoms. The van der Waals surface area contributed by atoms with E-state index < -0.39 is 10.2 Å². The molecule has 0 aromatic carbocycles. The summed E-state index contributed by atoms with van der Waals surface area (Å²) in [5.41, 5.74) is 0. The van der Waals surface area contributed by atoms with E-state index in [2.05, 4.69) is 26.1 Å². The third-order valence-corrected chi connectivity index (χ3v) is 7.01. The highest BCUT2D eigenvalue weighted by Crippen LogP contribution is 2.29. The summed E-state index contributed by atoms with van der Waals surface area (Å²) in [6.07, 6.45) is 4.11. The highest BCUT2D eigenvalue weighted by Gasteiger charge is 2.40. The second kappa shape index (κ2) is 7.40. The van der Waals surface area contributed by atoms with Gasteiger partial charge in [-0.2, -0.15) is 17.0 Å². The summed E-state index contributed by atoms with van der Waals surface area (Å²) in [7, 11) is -3.28. The summed E-state index contributed by atoms with van der Waals surface area (Å²) in [5.74, 6) is 1.07. The van der Waals surface area contributed by atoms with Crippen LogP contribution < -0.4 is 5.32 Å². The van der Waals surface area contributed by atoms with Crippen molar-refractivity contribution in [2.45, 2.75) is 52.5 Å².